The molecule has 1 saturated heterocycles. The smallest absolute Gasteiger partial charge is 0.193 e. The van der Waals surface area contributed by atoms with Gasteiger partial charge in [0.1, 0.15) is 11.6 Å². The number of pyridine rings is 1. The van der Waals surface area contributed by atoms with E-state index in [0.717, 1.165) is 74.6 Å². The standard InChI is InChI=1S/C19H26N8O/c1-15-13-16(24-28-15)14-25-9-11-26(12-10-25)19(20-2)21-7-6-18-23-22-17-5-3-4-8-27(17)18/h3-5,8,13H,6-7,9-12,14H2,1-2H3,(H,20,21). The van der Waals surface area contributed by atoms with E-state index < -0.39 is 0 Å². The Bertz CT molecular complexity index is 938. The molecular weight excluding hydrogens is 356 g/mol. The number of aryl methyl sites for hydroxylation is 1. The van der Waals surface area contributed by atoms with Crippen molar-refractivity contribution >= 4 is 11.6 Å². The van der Waals surface area contributed by atoms with E-state index in [-0.39, 0.29) is 0 Å². The zero-order valence-electron chi connectivity index (χ0n) is 16.4. The molecule has 1 fully saturated rings. The molecule has 9 heteroatoms. The number of aromatic nitrogens is 4. The van der Waals surface area contributed by atoms with Gasteiger partial charge in [0.2, 0.25) is 0 Å². The Balaban J connectivity index is 1.25. The first-order chi connectivity index (χ1) is 13.7. The van der Waals surface area contributed by atoms with Crippen molar-refractivity contribution in [3.63, 3.8) is 0 Å². The van der Waals surface area contributed by atoms with Gasteiger partial charge in [-0.15, -0.1) is 10.2 Å². The number of aliphatic imine (C=N–C) groups is 1. The van der Waals surface area contributed by atoms with E-state index in [0.29, 0.717) is 0 Å². The molecule has 4 heterocycles. The molecule has 4 rings (SSSR count). The number of piperazine rings is 1. The highest BCUT2D eigenvalue weighted by Gasteiger charge is 2.20. The zero-order chi connectivity index (χ0) is 19.3. The highest BCUT2D eigenvalue weighted by atomic mass is 16.5. The summed E-state index contributed by atoms with van der Waals surface area (Å²) >= 11 is 0. The fraction of sp³-hybridized carbons (Fsp3) is 0.474. The molecule has 0 bridgehead atoms. The van der Waals surface area contributed by atoms with Crippen molar-refractivity contribution in [3.8, 4) is 0 Å². The van der Waals surface area contributed by atoms with Crippen LogP contribution in [0.1, 0.15) is 17.3 Å². The molecule has 0 amide bonds. The third-order valence-corrected chi connectivity index (χ3v) is 4.96. The number of guanidine groups is 1. The third kappa shape index (κ3) is 4.14. The minimum atomic E-state index is 0.765. The topological polar surface area (TPSA) is 87.1 Å². The summed E-state index contributed by atoms with van der Waals surface area (Å²) in [6.07, 6.45) is 2.78. The van der Waals surface area contributed by atoms with E-state index in [1.165, 1.54) is 0 Å². The largest absolute Gasteiger partial charge is 0.361 e. The average Bonchev–Trinajstić information content (AvgIpc) is 3.32. The number of hydrogen-bond acceptors (Lipinski definition) is 6. The summed E-state index contributed by atoms with van der Waals surface area (Å²) < 4.78 is 7.18. The lowest BCUT2D eigenvalue weighted by Crippen LogP contribution is -2.52. The normalized spacial score (nSPS) is 16.1. The first-order valence-corrected chi connectivity index (χ1v) is 9.62. The number of rotatable bonds is 5. The van der Waals surface area contributed by atoms with Gasteiger partial charge in [-0.2, -0.15) is 0 Å². The third-order valence-electron chi connectivity index (χ3n) is 4.96. The lowest BCUT2D eigenvalue weighted by Gasteiger charge is -2.36. The Hall–Kier alpha value is -2.94. The van der Waals surface area contributed by atoms with Crippen LogP contribution in [0.4, 0.5) is 0 Å². The van der Waals surface area contributed by atoms with Crippen molar-refractivity contribution < 1.29 is 4.52 Å². The summed E-state index contributed by atoms with van der Waals surface area (Å²) in [6, 6.07) is 7.92. The average molecular weight is 382 g/mol. The molecule has 0 spiro atoms. The summed E-state index contributed by atoms with van der Waals surface area (Å²) in [4.78, 5) is 9.14. The van der Waals surface area contributed by atoms with Crippen LogP contribution in [-0.4, -0.2) is 75.3 Å². The van der Waals surface area contributed by atoms with Gasteiger partial charge in [-0.05, 0) is 19.1 Å². The Morgan fingerprint density at radius 2 is 2.07 bits per heavy atom. The van der Waals surface area contributed by atoms with Crippen molar-refractivity contribution in [1.29, 1.82) is 0 Å². The molecule has 0 aromatic carbocycles. The lowest BCUT2D eigenvalue weighted by atomic mass is 10.3. The molecule has 9 nitrogen and oxygen atoms in total. The van der Waals surface area contributed by atoms with Crippen molar-refractivity contribution in [2.45, 2.75) is 19.9 Å². The van der Waals surface area contributed by atoms with Gasteiger partial charge in [0.15, 0.2) is 11.6 Å². The van der Waals surface area contributed by atoms with E-state index in [4.69, 9.17) is 4.52 Å². The minimum Gasteiger partial charge on any atom is -0.361 e. The van der Waals surface area contributed by atoms with Crippen molar-refractivity contribution in [2.75, 3.05) is 39.8 Å². The molecule has 1 N–H and O–H groups in total. The van der Waals surface area contributed by atoms with Gasteiger partial charge < -0.3 is 14.7 Å². The zero-order valence-corrected chi connectivity index (χ0v) is 16.4. The van der Waals surface area contributed by atoms with Gasteiger partial charge in [0.25, 0.3) is 0 Å². The molecule has 0 unspecified atom stereocenters. The van der Waals surface area contributed by atoms with Crippen LogP contribution in [0.25, 0.3) is 5.65 Å². The molecule has 3 aromatic rings. The van der Waals surface area contributed by atoms with Crippen molar-refractivity contribution in [2.24, 2.45) is 4.99 Å². The number of nitrogens with zero attached hydrogens (tertiary/aromatic N) is 7. The van der Waals surface area contributed by atoms with Crippen LogP contribution in [0.3, 0.4) is 0 Å². The maximum Gasteiger partial charge on any atom is 0.193 e. The van der Waals surface area contributed by atoms with E-state index in [2.05, 4.69) is 35.5 Å². The quantitative estimate of drug-likeness (QED) is 0.519. The van der Waals surface area contributed by atoms with Crippen LogP contribution >= 0.6 is 0 Å². The number of nitrogens with one attached hydrogen (secondary N) is 1. The first-order valence-electron chi connectivity index (χ1n) is 9.62. The van der Waals surface area contributed by atoms with Crippen LogP contribution in [0.15, 0.2) is 40.0 Å². The molecule has 3 aromatic heterocycles. The van der Waals surface area contributed by atoms with Crippen molar-refractivity contribution in [3.05, 3.63) is 47.7 Å². The fourth-order valence-electron chi connectivity index (χ4n) is 3.52. The predicted molar refractivity (Wildman–Crippen MR) is 106 cm³/mol. The van der Waals surface area contributed by atoms with Gasteiger partial charge >= 0.3 is 0 Å². The second-order valence-electron chi connectivity index (χ2n) is 6.96. The highest BCUT2D eigenvalue weighted by Crippen LogP contribution is 2.09. The molecule has 1 aliphatic rings. The summed E-state index contributed by atoms with van der Waals surface area (Å²) in [5.74, 6) is 2.75. The van der Waals surface area contributed by atoms with Gasteiger partial charge in [-0.25, -0.2) is 0 Å². The minimum absolute atomic E-state index is 0.765. The van der Waals surface area contributed by atoms with Gasteiger partial charge in [-0.3, -0.25) is 14.3 Å². The monoisotopic (exact) mass is 382 g/mol. The maximum atomic E-state index is 5.16. The fourth-order valence-corrected chi connectivity index (χ4v) is 3.52. The second-order valence-corrected chi connectivity index (χ2v) is 6.96. The Morgan fingerprint density at radius 1 is 1.21 bits per heavy atom. The number of hydrogen-bond donors (Lipinski definition) is 1. The molecule has 1 aliphatic heterocycles. The summed E-state index contributed by atoms with van der Waals surface area (Å²) in [5.41, 5.74) is 1.87. The predicted octanol–water partition coefficient (Wildman–Crippen LogP) is 0.961. The highest BCUT2D eigenvalue weighted by molar-refractivity contribution is 5.80. The molecule has 148 valence electrons. The summed E-state index contributed by atoms with van der Waals surface area (Å²) in [6.45, 7) is 7.34. The summed E-state index contributed by atoms with van der Waals surface area (Å²) in [5, 5.41) is 16.0. The molecule has 0 aliphatic carbocycles. The van der Waals surface area contributed by atoms with E-state index in [1.54, 1.807) is 0 Å². The Morgan fingerprint density at radius 3 is 2.82 bits per heavy atom. The first kappa shape index (κ1) is 18.4. The molecule has 0 atom stereocenters. The molecule has 28 heavy (non-hydrogen) atoms. The van der Waals surface area contributed by atoms with Crippen molar-refractivity contribution in [1.82, 2.24) is 34.9 Å². The number of fused-ring (bicyclic) bond motifs is 1. The van der Waals surface area contributed by atoms with E-state index in [1.807, 2.05) is 48.8 Å². The van der Waals surface area contributed by atoms with Gasteiger partial charge in [0, 0.05) is 65.0 Å². The van der Waals surface area contributed by atoms with Crippen LogP contribution in [0.2, 0.25) is 0 Å². The SMILES string of the molecule is CN=C(NCCc1nnc2ccccn12)N1CCN(Cc2cc(C)on2)CC1. The van der Waals surface area contributed by atoms with Gasteiger partial charge in [-0.1, -0.05) is 11.2 Å². The maximum absolute atomic E-state index is 5.16. The molecule has 0 radical (unpaired) electrons. The Kier molecular flexibility index (Phi) is 5.52. The van der Waals surface area contributed by atoms with Crippen LogP contribution in [-0.2, 0) is 13.0 Å². The van der Waals surface area contributed by atoms with Gasteiger partial charge in [0.05, 0.1) is 5.69 Å². The molecule has 0 saturated carbocycles. The lowest BCUT2D eigenvalue weighted by molar-refractivity contribution is 0.169. The Labute approximate surface area is 164 Å². The molecular formula is C19H26N8O. The van der Waals surface area contributed by atoms with E-state index >= 15 is 0 Å². The second kappa shape index (κ2) is 8.39. The van der Waals surface area contributed by atoms with Crippen LogP contribution in [0.5, 0.6) is 0 Å². The van der Waals surface area contributed by atoms with E-state index in [9.17, 15) is 0 Å². The summed E-state index contributed by atoms with van der Waals surface area (Å²) in [7, 11) is 1.83. The van der Waals surface area contributed by atoms with Crippen LogP contribution in [0, 0.1) is 6.92 Å². The van der Waals surface area contributed by atoms with Crippen LogP contribution < -0.4 is 5.32 Å².